The molecule has 0 saturated heterocycles. The highest BCUT2D eigenvalue weighted by molar-refractivity contribution is 5.78. The number of carbonyl (C=O) groups excluding carboxylic acids is 1. The van der Waals surface area contributed by atoms with Gasteiger partial charge in [-0.2, -0.15) is 0 Å². The van der Waals surface area contributed by atoms with Crippen molar-refractivity contribution in [1.29, 1.82) is 0 Å². The third-order valence-electron chi connectivity index (χ3n) is 3.57. The summed E-state index contributed by atoms with van der Waals surface area (Å²) in [6, 6.07) is 9.85. The summed E-state index contributed by atoms with van der Waals surface area (Å²) in [4.78, 5) is 22.7. The number of nitrogens with one attached hydrogen (secondary N) is 1. The Morgan fingerprint density at radius 2 is 1.95 bits per heavy atom. The molecular formula is C17H25NO4. The first-order valence-corrected chi connectivity index (χ1v) is 7.59. The van der Waals surface area contributed by atoms with Gasteiger partial charge in [-0.3, -0.25) is 9.59 Å². The van der Waals surface area contributed by atoms with Crippen LogP contribution in [0.3, 0.4) is 0 Å². The molecule has 1 rings (SSSR count). The van der Waals surface area contributed by atoms with Crippen molar-refractivity contribution in [2.24, 2.45) is 0 Å². The molecule has 0 fully saturated rings. The maximum atomic E-state index is 11.9. The van der Waals surface area contributed by atoms with Crippen LogP contribution in [0.5, 0.6) is 0 Å². The third kappa shape index (κ3) is 7.22. The van der Waals surface area contributed by atoms with Crippen LogP contribution in [0.15, 0.2) is 30.3 Å². The molecule has 0 bridgehead atoms. The first-order valence-electron chi connectivity index (χ1n) is 7.59. The van der Waals surface area contributed by atoms with Crippen LogP contribution >= 0.6 is 0 Å². The molecule has 0 spiro atoms. The lowest BCUT2D eigenvalue weighted by molar-refractivity contribution is -0.139. The molecule has 1 unspecified atom stereocenters. The van der Waals surface area contributed by atoms with Gasteiger partial charge in [-0.25, -0.2) is 0 Å². The Morgan fingerprint density at radius 3 is 2.55 bits per heavy atom. The van der Waals surface area contributed by atoms with Crippen LogP contribution in [-0.4, -0.2) is 29.1 Å². The van der Waals surface area contributed by atoms with E-state index >= 15 is 0 Å². The zero-order chi connectivity index (χ0) is 16.4. The molecule has 1 amide bonds. The molecule has 22 heavy (non-hydrogen) atoms. The van der Waals surface area contributed by atoms with Gasteiger partial charge in [0, 0.05) is 18.6 Å². The predicted molar refractivity (Wildman–Crippen MR) is 84.4 cm³/mol. The molecule has 0 heterocycles. The van der Waals surface area contributed by atoms with Crippen molar-refractivity contribution in [3.63, 3.8) is 0 Å². The summed E-state index contributed by atoms with van der Waals surface area (Å²) in [7, 11) is 0. The van der Waals surface area contributed by atoms with Crippen LogP contribution in [0, 0.1) is 0 Å². The van der Waals surface area contributed by atoms with Crippen LogP contribution in [0.4, 0.5) is 0 Å². The lowest BCUT2D eigenvalue weighted by Crippen LogP contribution is -2.47. The zero-order valence-corrected chi connectivity index (χ0v) is 13.3. The van der Waals surface area contributed by atoms with Gasteiger partial charge in [0.05, 0.1) is 13.0 Å². The normalized spacial score (nSPS) is 13.4. The highest BCUT2D eigenvalue weighted by atomic mass is 16.5. The zero-order valence-electron chi connectivity index (χ0n) is 13.3. The minimum atomic E-state index is -0.907. The predicted octanol–water partition coefficient (Wildman–Crippen LogP) is 2.74. The largest absolute Gasteiger partial charge is 0.481 e. The van der Waals surface area contributed by atoms with Crippen molar-refractivity contribution in [3.05, 3.63) is 35.9 Å². The van der Waals surface area contributed by atoms with Crippen LogP contribution < -0.4 is 5.32 Å². The molecule has 5 nitrogen and oxygen atoms in total. The van der Waals surface area contributed by atoms with E-state index in [1.165, 1.54) is 0 Å². The monoisotopic (exact) mass is 307 g/mol. The second-order valence-corrected chi connectivity index (χ2v) is 5.67. The van der Waals surface area contributed by atoms with Crippen LogP contribution in [-0.2, 0) is 20.9 Å². The van der Waals surface area contributed by atoms with E-state index in [-0.39, 0.29) is 12.3 Å². The van der Waals surface area contributed by atoms with E-state index in [0.29, 0.717) is 32.5 Å². The summed E-state index contributed by atoms with van der Waals surface area (Å²) in [5, 5.41) is 11.7. The third-order valence-corrected chi connectivity index (χ3v) is 3.57. The van der Waals surface area contributed by atoms with Gasteiger partial charge >= 0.3 is 5.97 Å². The Balaban J connectivity index is 2.21. The molecule has 122 valence electrons. The minimum Gasteiger partial charge on any atom is -0.481 e. The molecule has 2 N–H and O–H groups in total. The summed E-state index contributed by atoms with van der Waals surface area (Å²) < 4.78 is 5.52. The molecule has 0 aliphatic rings. The summed E-state index contributed by atoms with van der Waals surface area (Å²) in [5.41, 5.74) is 0.417. The van der Waals surface area contributed by atoms with Crippen molar-refractivity contribution < 1.29 is 19.4 Å². The van der Waals surface area contributed by atoms with E-state index in [9.17, 15) is 9.59 Å². The molecule has 0 aliphatic heterocycles. The fraction of sp³-hybridized carbons (Fsp3) is 0.529. The smallest absolute Gasteiger partial charge is 0.305 e. The Morgan fingerprint density at radius 1 is 1.27 bits per heavy atom. The van der Waals surface area contributed by atoms with Crippen molar-refractivity contribution in [2.75, 3.05) is 6.61 Å². The summed E-state index contributed by atoms with van der Waals surface area (Å²) in [6.07, 6.45) is 1.46. The summed E-state index contributed by atoms with van der Waals surface area (Å²) >= 11 is 0. The van der Waals surface area contributed by atoms with Crippen molar-refractivity contribution in [3.8, 4) is 0 Å². The average Bonchev–Trinajstić information content (AvgIpc) is 2.47. The van der Waals surface area contributed by atoms with Crippen molar-refractivity contribution >= 4 is 11.9 Å². The number of hydrogen-bond donors (Lipinski definition) is 2. The molecule has 0 saturated carbocycles. The quantitative estimate of drug-likeness (QED) is 0.652. The molecule has 0 aromatic heterocycles. The average molecular weight is 307 g/mol. The summed E-state index contributed by atoms with van der Waals surface area (Å²) in [6.45, 7) is 4.66. The Labute approximate surface area is 131 Å². The topological polar surface area (TPSA) is 75.6 Å². The van der Waals surface area contributed by atoms with Gasteiger partial charge in [0.15, 0.2) is 0 Å². The van der Waals surface area contributed by atoms with Gasteiger partial charge in [0.25, 0.3) is 0 Å². The lowest BCUT2D eigenvalue weighted by Gasteiger charge is -2.27. The van der Waals surface area contributed by atoms with Gasteiger partial charge in [-0.05, 0) is 25.3 Å². The number of carbonyl (C=O) groups is 2. The second kappa shape index (κ2) is 9.20. The highest BCUT2D eigenvalue weighted by Crippen LogP contribution is 2.14. The number of ether oxygens (including phenoxy) is 1. The van der Waals surface area contributed by atoms with E-state index in [2.05, 4.69) is 5.32 Å². The number of aliphatic carboxylic acids is 1. The Kier molecular flexibility index (Phi) is 7.60. The molecule has 5 heteroatoms. The molecular weight excluding hydrogens is 282 g/mol. The molecule has 1 atom stereocenters. The standard InChI is InChI=1S/C17H25NO4/c1-3-17(2,12-16(20)21)18-15(19)10-7-11-22-13-14-8-5-4-6-9-14/h4-6,8-9H,3,7,10-13H2,1-2H3,(H,18,19)(H,20,21). The van der Waals surface area contributed by atoms with E-state index in [0.717, 1.165) is 5.56 Å². The van der Waals surface area contributed by atoms with Crippen LogP contribution in [0.1, 0.15) is 45.1 Å². The molecule has 1 aromatic rings. The first kappa shape index (κ1) is 18.2. The molecule has 1 aromatic carbocycles. The van der Waals surface area contributed by atoms with E-state index in [1.54, 1.807) is 6.92 Å². The van der Waals surface area contributed by atoms with E-state index < -0.39 is 11.5 Å². The maximum Gasteiger partial charge on any atom is 0.305 e. The second-order valence-electron chi connectivity index (χ2n) is 5.67. The minimum absolute atomic E-state index is 0.0697. The molecule has 0 aliphatic carbocycles. The fourth-order valence-corrected chi connectivity index (χ4v) is 2.09. The lowest BCUT2D eigenvalue weighted by atomic mass is 9.94. The number of rotatable bonds is 10. The summed E-state index contributed by atoms with van der Waals surface area (Å²) in [5.74, 6) is -1.04. The van der Waals surface area contributed by atoms with Gasteiger partial charge in [0.2, 0.25) is 5.91 Å². The number of carboxylic acid groups (broad SMARTS) is 1. The molecule has 0 radical (unpaired) electrons. The van der Waals surface area contributed by atoms with Gasteiger partial charge < -0.3 is 15.2 Å². The SMILES string of the molecule is CCC(C)(CC(=O)O)NC(=O)CCCOCc1ccccc1. The Hall–Kier alpha value is -1.88. The van der Waals surface area contributed by atoms with E-state index in [4.69, 9.17) is 9.84 Å². The number of carboxylic acids is 1. The van der Waals surface area contributed by atoms with Crippen molar-refractivity contribution in [2.45, 2.75) is 51.7 Å². The van der Waals surface area contributed by atoms with Crippen LogP contribution in [0.25, 0.3) is 0 Å². The van der Waals surface area contributed by atoms with Gasteiger partial charge in [-0.15, -0.1) is 0 Å². The fourth-order valence-electron chi connectivity index (χ4n) is 2.09. The van der Waals surface area contributed by atoms with Crippen LogP contribution in [0.2, 0.25) is 0 Å². The van der Waals surface area contributed by atoms with Crippen molar-refractivity contribution in [1.82, 2.24) is 5.32 Å². The van der Waals surface area contributed by atoms with Gasteiger partial charge in [-0.1, -0.05) is 37.3 Å². The number of benzene rings is 1. The maximum absolute atomic E-state index is 11.9. The van der Waals surface area contributed by atoms with E-state index in [1.807, 2.05) is 37.3 Å². The number of amides is 1. The first-order chi connectivity index (χ1) is 10.4. The number of hydrogen-bond acceptors (Lipinski definition) is 3. The Bertz CT molecular complexity index is 475. The highest BCUT2D eigenvalue weighted by Gasteiger charge is 2.27. The van der Waals surface area contributed by atoms with Gasteiger partial charge in [0.1, 0.15) is 0 Å².